The van der Waals surface area contributed by atoms with E-state index in [2.05, 4.69) is 5.32 Å². The second-order valence-electron chi connectivity index (χ2n) is 5.38. The molecule has 1 unspecified atom stereocenters. The fourth-order valence-corrected chi connectivity index (χ4v) is 2.51. The molecule has 1 fully saturated rings. The van der Waals surface area contributed by atoms with E-state index >= 15 is 0 Å². The maximum atomic E-state index is 12.3. The van der Waals surface area contributed by atoms with Gasteiger partial charge >= 0.3 is 6.18 Å². The third-order valence-corrected chi connectivity index (χ3v) is 4.20. The number of carbonyl (C=O) groups excluding carboxylic acids is 2. The smallest absolute Gasteiger partial charge is 0.344 e. The molecule has 0 bridgehead atoms. The summed E-state index contributed by atoms with van der Waals surface area (Å²) < 4.78 is 37.0. The molecule has 130 valence electrons. The highest BCUT2D eigenvalue weighted by Gasteiger charge is 2.42. The molecular formula is C13H23ClF3N3O2. The molecule has 0 aromatic carbocycles. The highest BCUT2D eigenvalue weighted by Crippen LogP contribution is 2.26. The van der Waals surface area contributed by atoms with E-state index in [4.69, 9.17) is 5.73 Å². The fourth-order valence-electron chi connectivity index (χ4n) is 2.51. The Morgan fingerprint density at radius 3 is 2.32 bits per heavy atom. The first-order valence-electron chi connectivity index (χ1n) is 7.05. The number of rotatable bonds is 6. The van der Waals surface area contributed by atoms with Crippen LogP contribution in [0.25, 0.3) is 0 Å². The zero-order chi connectivity index (χ0) is 16.3. The third-order valence-electron chi connectivity index (χ3n) is 4.20. The standard InChI is InChI=1S/C13H22F3N3O2.ClH/c1-3-12(4-2,7-17)11(21)18-9-5-6-19(10(9)20)8-13(14,15)16;/h9H,3-8,17H2,1-2H3,(H,18,21);1H. The monoisotopic (exact) mass is 345 g/mol. The largest absolute Gasteiger partial charge is 0.406 e. The molecule has 0 aromatic rings. The lowest BCUT2D eigenvalue weighted by Crippen LogP contribution is -2.51. The molecule has 1 aliphatic rings. The number of hydrogen-bond donors (Lipinski definition) is 2. The Morgan fingerprint density at radius 2 is 1.91 bits per heavy atom. The molecule has 0 saturated carbocycles. The molecule has 0 spiro atoms. The molecule has 2 amide bonds. The van der Waals surface area contributed by atoms with Crippen molar-refractivity contribution in [1.29, 1.82) is 0 Å². The predicted octanol–water partition coefficient (Wildman–Crippen LogP) is 1.45. The molecule has 0 aliphatic carbocycles. The van der Waals surface area contributed by atoms with E-state index in [1.807, 2.05) is 13.8 Å². The number of nitrogens with zero attached hydrogens (tertiary/aromatic N) is 1. The fraction of sp³-hybridized carbons (Fsp3) is 0.846. The minimum absolute atomic E-state index is 0. The number of amides is 2. The first kappa shape index (κ1) is 21.0. The third kappa shape index (κ3) is 4.74. The number of nitrogens with two attached hydrogens (primary N) is 1. The van der Waals surface area contributed by atoms with Gasteiger partial charge in [0.25, 0.3) is 0 Å². The lowest BCUT2D eigenvalue weighted by Gasteiger charge is -2.29. The molecule has 0 aromatic heterocycles. The Balaban J connectivity index is 0.00000441. The Kier molecular flexibility index (Phi) is 7.64. The molecule has 5 nitrogen and oxygen atoms in total. The van der Waals surface area contributed by atoms with Crippen molar-refractivity contribution in [2.45, 2.75) is 45.3 Å². The van der Waals surface area contributed by atoms with Gasteiger partial charge in [0.1, 0.15) is 12.6 Å². The van der Waals surface area contributed by atoms with Crippen molar-refractivity contribution < 1.29 is 22.8 Å². The molecule has 9 heteroatoms. The zero-order valence-corrected chi connectivity index (χ0v) is 13.5. The molecule has 1 atom stereocenters. The Hall–Kier alpha value is -1.02. The van der Waals surface area contributed by atoms with Crippen LogP contribution in [0.3, 0.4) is 0 Å². The van der Waals surface area contributed by atoms with Gasteiger partial charge in [0.2, 0.25) is 11.8 Å². The van der Waals surface area contributed by atoms with Crippen molar-refractivity contribution in [3.8, 4) is 0 Å². The maximum Gasteiger partial charge on any atom is 0.406 e. The first-order chi connectivity index (χ1) is 9.69. The summed E-state index contributed by atoms with van der Waals surface area (Å²) in [5, 5.41) is 2.56. The Bertz CT molecular complexity index is 392. The maximum absolute atomic E-state index is 12.3. The molecule has 1 rings (SSSR count). The van der Waals surface area contributed by atoms with Gasteiger partial charge in [0.05, 0.1) is 5.41 Å². The van der Waals surface area contributed by atoms with Crippen LogP contribution in [0.4, 0.5) is 13.2 Å². The van der Waals surface area contributed by atoms with Gasteiger partial charge in [-0.25, -0.2) is 0 Å². The molecule has 1 saturated heterocycles. The van der Waals surface area contributed by atoms with Gasteiger partial charge in [-0.1, -0.05) is 13.8 Å². The number of nitrogens with one attached hydrogen (secondary N) is 1. The second kappa shape index (κ2) is 8.01. The molecule has 3 N–H and O–H groups in total. The summed E-state index contributed by atoms with van der Waals surface area (Å²) in [6.07, 6.45) is -3.21. The highest BCUT2D eigenvalue weighted by atomic mass is 35.5. The lowest BCUT2D eigenvalue weighted by molar-refractivity contribution is -0.158. The van der Waals surface area contributed by atoms with E-state index in [1.165, 1.54) is 0 Å². The van der Waals surface area contributed by atoms with Crippen molar-refractivity contribution in [3.05, 3.63) is 0 Å². The van der Waals surface area contributed by atoms with Crippen LogP contribution >= 0.6 is 12.4 Å². The van der Waals surface area contributed by atoms with Gasteiger partial charge in [-0.2, -0.15) is 13.2 Å². The summed E-state index contributed by atoms with van der Waals surface area (Å²) in [5.74, 6) is -1.04. The van der Waals surface area contributed by atoms with Crippen LogP contribution in [0.15, 0.2) is 0 Å². The summed E-state index contributed by atoms with van der Waals surface area (Å²) in [6, 6.07) is -0.885. The lowest BCUT2D eigenvalue weighted by atomic mass is 9.81. The Morgan fingerprint density at radius 1 is 1.36 bits per heavy atom. The van der Waals surface area contributed by atoms with Crippen molar-refractivity contribution in [1.82, 2.24) is 10.2 Å². The van der Waals surface area contributed by atoms with E-state index in [0.717, 1.165) is 4.90 Å². The minimum atomic E-state index is -4.43. The summed E-state index contributed by atoms with van der Waals surface area (Å²) in [7, 11) is 0. The topological polar surface area (TPSA) is 75.4 Å². The molecule has 22 heavy (non-hydrogen) atoms. The van der Waals surface area contributed by atoms with Crippen LogP contribution in [0.2, 0.25) is 0 Å². The van der Waals surface area contributed by atoms with Crippen LogP contribution in [0.5, 0.6) is 0 Å². The first-order valence-corrected chi connectivity index (χ1v) is 7.05. The highest BCUT2D eigenvalue weighted by molar-refractivity contribution is 5.91. The van der Waals surface area contributed by atoms with Gasteiger partial charge in [0, 0.05) is 13.1 Å². The summed E-state index contributed by atoms with van der Waals surface area (Å²) in [6.45, 7) is 2.50. The van der Waals surface area contributed by atoms with E-state index in [-0.39, 0.29) is 37.8 Å². The van der Waals surface area contributed by atoms with E-state index in [0.29, 0.717) is 12.8 Å². The van der Waals surface area contributed by atoms with Crippen molar-refractivity contribution in [2.24, 2.45) is 11.1 Å². The zero-order valence-electron chi connectivity index (χ0n) is 12.7. The van der Waals surface area contributed by atoms with Crippen molar-refractivity contribution in [2.75, 3.05) is 19.6 Å². The van der Waals surface area contributed by atoms with Gasteiger partial charge in [-0.05, 0) is 19.3 Å². The molecule has 0 radical (unpaired) electrons. The summed E-state index contributed by atoms with van der Waals surface area (Å²) >= 11 is 0. The van der Waals surface area contributed by atoms with Crippen LogP contribution in [0.1, 0.15) is 33.1 Å². The Labute approximate surface area is 134 Å². The predicted molar refractivity (Wildman–Crippen MR) is 78.5 cm³/mol. The van der Waals surface area contributed by atoms with E-state index < -0.39 is 30.1 Å². The average molecular weight is 346 g/mol. The van der Waals surface area contributed by atoms with Crippen LogP contribution < -0.4 is 11.1 Å². The van der Waals surface area contributed by atoms with Gasteiger partial charge in [0.15, 0.2) is 0 Å². The number of carbonyl (C=O) groups is 2. The number of hydrogen-bond acceptors (Lipinski definition) is 3. The van der Waals surface area contributed by atoms with E-state index in [1.54, 1.807) is 0 Å². The number of likely N-dealkylation sites (tertiary alicyclic amines) is 1. The molecule has 1 aliphatic heterocycles. The normalized spacial score (nSPS) is 19.1. The quantitative estimate of drug-likeness (QED) is 0.765. The van der Waals surface area contributed by atoms with Gasteiger partial charge < -0.3 is 16.0 Å². The second-order valence-corrected chi connectivity index (χ2v) is 5.38. The molecular weight excluding hydrogens is 323 g/mol. The SMILES string of the molecule is CCC(CC)(CN)C(=O)NC1CCN(CC(F)(F)F)C1=O.Cl. The van der Waals surface area contributed by atoms with Crippen molar-refractivity contribution >= 4 is 24.2 Å². The van der Waals surface area contributed by atoms with Crippen LogP contribution in [-0.4, -0.2) is 48.6 Å². The van der Waals surface area contributed by atoms with Crippen LogP contribution in [0, 0.1) is 5.41 Å². The summed E-state index contributed by atoms with van der Waals surface area (Å²) in [4.78, 5) is 24.9. The summed E-state index contributed by atoms with van der Waals surface area (Å²) in [5.41, 5.74) is 4.88. The average Bonchev–Trinajstić information content (AvgIpc) is 2.72. The van der Waals surface area contributed by atoms with Gasteiger partial charge in [-0.3, -0.25) is 9.59 Å². The van der Waals surface area contributed by atoms with Gasteiger partial charge in [-0.15, -0.1) is 12.4 Å². The van der Waals surface area contributed by atoms with Crippen molar-refractivity contribution in [3.63, 3.8) is 0 Å². The molecule has 1 heterocycles. The number of halogens is 4. The minimum Gasteiger partial charge on any atom is -0.344 e. The van der Waals surface area contributed by atoms with Crippen LogP contribution in [-0.2, 0) is 9.59 Å². The van der Waals surface area contributed by atoms with E-state index in [9.17, 15) is 22.8 Å². The number of alkyl halides is 3.